The largest absolute Gasteiger partial charge is 0.341 e. The van der Waals surface area contributed by atoms with Crippen molar-refractivity contribution in [2.24, 2.45) is 5.92 Å². The van der Waals surface area contributed by atoms with Gasteiger partial charge in [0.05, 0.1) is 12.7 Å². The lowest BCUT2D eigenvalue weighted by molar-refractivity contribution is -0.132. The van der Waals surface area contributed by atoms with Crippen molar-refractivity contribution in [3.8, 4) is 0 Å². The van der Waals surface area contributed by atoms with Gasteiger partial charge >= 0.3 is 6.03 Å². The topological polar surface area (TPSA) is 92.2 Å². The molecule has 20 heavy (non-hydrogen) atoms. The summed E-state index contributed by atoms with van der Waals surface area (Å²) in [5.74, 6) is 0.339. The summed E-state index contributed by atoms with van der Waals surface area (Å²) in [6, 6.07) is -0.338. The fourth-order valence-corrected chi connectivity index (χ4v) is 2.39. The van der Waals surface area contributed by atoms with Crippen LogP contribution in [0.4, 0.5) is 4.79 Å². The van der Waals surface area contributed by atoms with Gasteiger partial charge in [-0.05, 0) is 18.8 Å². The molecule has 2 N–H and O–H groups in total. The van der Waals surface area contributed by atoms with Gasteiger partial charge < -0.3 is 15.5 Å². The molecule has 2 rings (SSSR count). The number of hydrogen-bond acceptors (Lipinski definition) is 4. The minimum absolute atomic E-state index is 0.0374. The van der Waals surface area contributed by atoms with E-state index in [4.69, 9.17) is 0 Å². The normalized spacial score (nSPS) is 18.6. The van der Waals surface area contributed by atoms with Crippen molar-refractivity contribution in [3.63, 3.8) is 0 Å². The van der Waals surface area contributed by atoms with E-state index in [9.17, 15) is 9.59 Å². The number of rotatable bonds is 4. The molecule has 8 heteroatoms. The van der Waals surface area contributed by atoms with Crippen LogP contribution in [-0.2, 0) is 11.3 Å². The van der Waals surface area contributed by atoms with Gasteiger partial charge in [0, 0.05) is 32.9 Å². The second-order valence-corrected chi connectivity index (χ2v) is 4.91. The molecule has 0 saturated carbocycles. The molecule has 2 heterocycles. The average molecular weight is 280 g/mol. The number of urea groups is 1. The van der Waals surface area contributed by atoms with Gasteiger partial charge in [-0.15, -0.1) is 5.10 Å². The van der Waals surface area contributed by atoms with Gasteiger partial charge in [0.2, 0.25) is 5.91 Å². The second kappa shape index (κ2) is 6.88. The maximum absolute atomic E-state index is 12.0. The van der Waals surface area contributed by atoms with Crippen LogP contribution in [0.3, 0.4) is 0 Å². The van der Waals surface area contributed by atoms with Gasteiger partial charge in [-0.3, -0.25) is 9.48 Å². The first kappa shape index (κ1) is 14.3. The summed E-state index contributed by atoms with van der Waals surface area (Å²) >= 11 is 0. The third kappa shape index (κ3) is 3.94. The molecule has 1 unspecified atom stereocenters. The molecule has 1 fully saturated rings. The van der Waals surface area contributed by atoms with Crippen molar-refractivity contribution < 1.29 is 9.59 Å². The molecule has 0 bridgehead atoms. The first-order chi connectivity index (χ1) is 9.69. The van der Waals surface area contributed by atoms with Gasteiger partial charge in [0.25, 0.3) is 0 Å². The van der Waals surface area contributed by atoms with E-state index in [0.29, 0.717) is 12.5 Å². The van der Waals surface area contributed by atoms with Crippen molar-refractivity contribution in [2.75, 3.05) is 26.7 Å². The lowest BCUT2D eigenvalue weighted by atomic mass is 9.98. The lowest BCUT2D eigenvalue weighted by Crippen LogP contribution is -2.47. The number of nitrogens with one attached hydrogen (secondary N) is 2. The highest BCUT2D eigenvalue weighted by Gasteiger charge is 2.24. The van der Waals surface area contributed by atoms with Gasteiger partial charge in [-0.2, -0.15) is 0 Å². The smallest absolute Gasteiger partial charge is 0.314 e. The number of carbonyl (C=O) groups excluding carboxylic acids is 2. The van der Waals surface area contributed by atoms with Crippen LogP contribution in [0.5, 0.6) is 0 Å². The zero-order valence-corrected chi connectivity index (χ0v) is 11.6. The van der Waals surface area contributed by atoms with Crippen LogP contribution in [0.15, 0.2) is 12.4 Å². The third-order valence-electron chi connectivity index (χ3n) is 3.42. The van der Waals surface area contributed by atoms with E-state index in [1.54, 1.807) is 15.8 Å². The van der Waals surface area contributed by atoms with Gasteiger partial charge in [-0.25, -0.2) is 4.79 Å². The van der Waals surface area contributed by atoms with E-state index in [1.807, 2.05) is 6.20 Å². The molecule has 8 nitrogen and oxygen atoms in total. The number of piperidine rings is 1. The Kier molecular flexibility index (Phi) is 4.91. The van der Waals surface area contributed by atoms with Crippen LogP contribution in [0.1, 0.15) is 12.8 Å². The Hall–Kier alpha value is -2.12. The quantitative estimate of drug-likeness (QED) is 0.773. The minimum Gasteiger partial charge on any atom is -0.341 e. The van der Waals surface area contributed by atoms with Gasteiger partial charge in [0.1, 0.15) is 0 Å². The van der Waals surface area contributed by atoms with Crippen molar-refractivity contribution in [2.45, 2.75) is 19.4 Å². The summed E-state index contributed by atoms with van der Waals surface area (Å²) in [4.78, 5) is 24.9. The summed E-state index contributed by atoms with van der Waals surface area (Å²) in [5, 5.41) is 12.7. The number of hydrogen-bond donors (Lipinski definition) is 2. The maximum Gasteiger partial charge on any atom is 0.314 e. The van der Waals surface area contributed by atoms with E-state index in [-0.39, 0.29) is 18.5 Å². The molecule has 1 atom stereocenters. The van der Waals surface area contributed by atoms with Crippen LogP contribution >= 0.6 is 0 Å². The SMILES string of the molecule is CNC(=O)NCC(=O)N1CCCC(Cn2ccnn2)C1. The van der Waals surface area contributed by atoms with E-state index in [2.05, 4.69) is 20.9 Å². The van der Waals surface area contributed by atoms with E-state index in [0.717, 1.165) is 25.9 Å². The molecular formula is C12H20N6O2. The molecule has 1 aliphatic rings. The number of nitrogens with zero attached hydrogens (tertiary/aromatic N) is 4. The molecule has 0 aromatic carbocycles. The number of carbonyl (C=O) groups is 2. The zero-order valence-electron chi connectivity index (χ0n) is 11.6. The summed E-state index contributed by atoms with van der Waals surface area (Å²) in [6.45, 7) is 2.26. The highest BCUT2D eigenvalue weighted by atomic mass is 16.2. The van der Waals surface area contributed by atoms with Crippen LogP contribution in [0.25, 0.3) is 0 Å². The number of aromatic nitrogens is 3. The highest BCUT2D eigenvalue weighted by Crippen LogP contribution is 2.17. The van der Waals surface area contributed by atoms with Crippen LogP contribution in [0, 0.1) is 5.92 Å². The number of amides is 3. The summed E-state index contributed by atoms with van der Waals surface area (Å²) in [5.41, 5.74) is 0. The molecule has 1 saturated heterocycles. The van der Waals surface area contributed by atoms with E-state index < -0.39 is 0 Å². The first-order valence-corrected chi connectivity index (χ1v) is 6.76. The second-order valence-electron chi connectivity index (χ2n) is 4.91. The molecule has 110 valence electrons. The minimum atomic E-state index is -0.338. The monoisotopic (exact) mass is 280 g/mol. The molecule has 1 aromatic heterocycles. The molecule has 0 aliphatic carbocycles. The zero-order chi connectivity index (χ0) is 14.4. The number of likely N-dealkylation sites (tertiary alicyclic amines) is 1. The lowest BCUT2D eigenvalue weighted by Gasteiger charge is -2.32. The molecule has 0 spiro atoms. The van der Waals surface area contributed by atoms with Crippen molar-refractivity contribution in [3.05, 3.63) is 12.4 Å². The Morgan fingerprint density at radius 2 is 2.30 bits per heavy atom. The Labute approximate surface area is 117 Å². The Morgan fingerprint density at radius 1 is 1.45 bits per heavy atom. The molecule has 3 amide bonds. The molecule has 1 aromatic rings. The molecule has 1 aliphatic heterocycles. The summed E-state index contributed by atoms with van der Waals surface area (Å²) < 4.78 is 1.79. The van der Waals surface area contributed by atoms with Crippen LogP contribution in [0.2, 0.25) is 0 Å². The maximum atomic E-state index is 12.0. The van der Waals surface area contributed by atoms with Crippen molar-refractivity contribution in [1.29, 1.82) is 0 Å². The Morgan fingerprint density at radius 3 is 3.00 bits per heavy atom. The molecular weight excluding hydrogens is 260 g/mol. The summed E-state index contributed by atoms with van der Waals surface area (Å²) in [6.07, 6.45) is 5.53. The Bertz CT molecular complexity index is 447. The standard InChI is InChI=1S/C12H20N6O2/c1-13-12(20)14-7-11(19)17-5-2-3-10(8-17)9-18-6-4-15-16-18/h4,6,10H,2-3,5,7-9H2,1H3,(H2,13,14,20). The Balaban J connectivity index is 1.80. The van der Waals surface area contributed by atoms with Crippen LogP contribution < -0.4 is 10.6 Å². The van der Waals surface area contributed by atoms with E-state index in [1.165, 1.54) is 7.05 Å². The molecule has 0 radical (unpaired) electrons. The van der Waals surface area contributed by atoms with Crippen molar-refractivity contribution >= 4 is 11.9 Å². The third-order valence-corrected chi connectivity index (χ3v) is 3.42. The predicted molar refractivity (Wildman–Crippen MR) is 71.8 cm³/mol. The average Bonchev–Trinajstić information content (AvgIpc) is 2.97. The van der Waals surface area contributed by atoms with Crippen molar-refractivity contribution in [1.82, 2.24) is 30.5 Å². The fraction of sp³-hybridized carbons (Fsp3) is 0.667. The van der Waals surface area contributed by atoms with Gasteiger partial charge in [-0.1, -0.05) is 5.21 Å². The summed E-state index contributed by atoms with van der Waals surface area (Å²) in [7, 11) is 1.52. The highest BCUT2D eigenvalue weighted by molar-refractivity contribution is 5.83. The van der Waals surface area contributed by atoms with Crippen LogP contribution in [-0.4, -0.2) is 58.5 Å². The fourth-order valence-electron chi connectivity index (χ4n) is 2.39. The van der Waals surface area contributed by atoms with Gasteiger partial charge in [0.15, 0.2) is 0 Å². The van der Waals surface area contributed by atoms with E-state index >= 15 is 0 Å². The predicted octanol–water partition coefficient (Wildman–Crippen LogP) is -0.554. The first-order valence-electron chi connectivity index (χ1n) is 6.76.